The Balaban J connectivity index is 1.50. The predicted octanol–water partition coefficient (Wildman–Crippen LogP) is 5.68. The van der Waals surface area contributed by atoms with E-state index in [1.807, 2.05) is 31.2 Å². The molecule has 0 spiro atoms. The van der Waals surface area contributed by atoms with E-state index >= 15 is 0 Å². The number of aromatic nitrogens is 2. The van der Waals surface area contributed by atoms with Crippen molar-refractivity contribution in [2.75, 3.05) is 9.21 Å². The number of carbonyl (C=O) groups excluding carboxylic acids is 1. The second-order valence-electron chi connectivity index (χ2n) is 9.78. The van der Waals surface area contributed by atoms with Crippen LogP contribution in [0.25, 0.3) is 11.4 Å². The number of nitrogens with zero attached hydrogens (tertiary/aromatic N) is 4. The van der Waals surface area contributed by atoms with Gasteiger partial charge in [0.2, 0.25) is 11.7 Å². The number of sulfonamides is 1. The maximum Gasteiger partial charge on any atom is 0.343 e. The number of carbonyl (C=O) groups is 1. The van der Waals surface area contributed by atoms with Crippen LogP contribution in [0.15, 0.2) is 82.2 Å². The van der Waals surface area contributed by atoms with Gasteiger partial charge in [0.15, 0.2) is 0 Å². The minimum absolute atomic E-state index is 0.0205. The van der Waals surface area contributed by atoms with E-state index in [1.54, 1.807) is 42.5 Å². The molecule has 1 aromatic heterocycles. The van der Waals surface area contributed by atoms with Crippen molar-refractivity contribution in [1.82, 2.24) is 10.1 Å². The number of fused-ring (bicyclic) bond motifs is 1. The molecular weight excluding hydrogens is 476 g/mol. The number of amides is 2. The van der Waals surface area contributed by atoms with Gasteiger partial charge in [-0.2, -0.15) is 9.29 Å². The first-order valence-corrected chi connectivity index (χ1v) is 13.0. The molecule has 2 amide bonds. The van der Waals surface area contributed by atoms with Crippen LogP contribution in [0, 0.1) is 6.92 Å². The molecule has 0 N–H and O–H groups in total. The predicted molar refractivity (Wildman–Crippen MR) is 137 cm³/mol. The molecule has 8 nitrogen and oxygen atoms in total. The molecule has 36 heavy (non-hydrogen) atoms. The SMILES string of the molecule is Cc1ccc(N2C(=O)N(Cc3nc(-c4ccc(C(C)(C)C)cc4)no3)c3ccccc3S2(=O)=O)cc1. The van der Waals surface area contributed by atoms with Gasteiger partial charge in [-0.3, -0.25) is 4.90 Å². The molecule has 0 saturated carbocycles. The van der Waals surface area contributed by atoms with Crippen molar-refractivity contribution < 1.29 is 17.7 Å². The molecule has 5 rings (SSSR count). The second kappa shape index (κ2) is 8.60. The molecule has 9 heteroatoms. The highest BCUT2D eigenvalue weighted by atomic mass is 32.2. The van der Waals surface area contributed by atoms with Gasteiger partial charge in [-0.15, -0.1) is 0 Å². The molecule has 3 aromatic carbocycles. The molecule has 0 bridgehead atoms. The summed E-state index contributed by atoms with van der Waals surface area (Å²) in [6.07, 6.45) is 0. The van der Waals surface area contributed by atoms with Gasteiger partial charge in [0.1, 0.15) is 11.4 Å². The topological polar surface area (TPSA) is 96.6 Å². The van der Waals surface area contributed by atoms with Crippen LogP contribution in [0.5, 0.6) is 0 Å². The van der Waals surface area contributed by atoms with Gasteiger partial charge in [-0.25, -0.2) is 13.2 Å². The van der Waals surface area contributed by atoms with Gasteiger partial charge in [-0.1, -0.05) is 80.0 Å². The van der Waals surface area contributed by atoms with Crippen LogP contribution in [-0.2, 0) is 22.0 Å². The van der Waals surface area contributed by atoms with E-state index in [-0.39, 0.29) is 34.1 Å². The minimum atomic E-state index is -4.10. The van der Waals surface area contributed by atoms with Crippen molar-refractivity contribution in [2.24, 2.45) is 0 Å². The van der Waals surface area contributed by atoms with E-state index in [0.29, 0.717) is 5.82 Å². The van der Waals surface area contributed by atoms with Gasteiger partial charge in [0.05, 0.1) is 11.4 Å². The Morgan fingerprint density at radius 1 is 0.917 bits per heavy atom. The Bertz CT molecular complexity index is 1540. The molecule has 184 valence electrons. The van der Waals surface area contributed by atoms with E-state index in [0.717, 1.165) is 15.4 Å². The van der Waals surface area contributed by atoms with Gasteiger partial charge in [-0.05, 0) is 42.2 Å². The summed E-state index contributed by atoms with van der Waals surface area (Å²) < 4.78 is 33.1. The highest BCUT2D eigenvalue weighted by Gasteiger charge is 2.43. The smallest absolute Gasteiger partial charge is 0.337 e. The summed E-state index contributed by atoms with van der Waals surface area (Å²) in [5.74, 6) is 0.586. The van der Waals surface area contributed by atoms with Crippen molar-refractivity contribution in [3.05, 3.63) is 89.8 Å². The first-order valence-electron chi connectivity index (χ1n) is 11.5. The third-order valence-electron chi connectivity index (χ3n) is 6.12. The first-order chi connectivity index (χ1) is 17.1. The lowest BCUT2D eigenvalue weighted by Crippen LogP contribution is -2.50. The molecular formula is C27H26N4O4S. The summed E-state index contributed by atoms with van der Waals surface area (Å²) >= 11 is 0. The van der Waals surface area contributed by atoms with Gasteiger partial charge in [0, 0.05) is 5.56 Å². The van der Waals surface area contributed by atoms with Crippen molar-refractivity contribution >= 4 is 27.4 Å². The number of hydrogen-bond acceptors (Lipinski definition) is 6. The summed E-state index contributed by atoms with van der Waals surface area (Å²) in [5.41, 5.74) is 3.46. The number of urea groups is 1. The number of anilines is 2. The summed E-state index contributed by atoms with van der Waals surface area (Å²) in [6, 6.07) is 20.4. The molecule has 0 fully saturated rings. The Kier molecular flexibility index (Phi) is 5.67. The van der Waals surface area contributed by atoms with E-state index in [2.05, 4.69) is 30.9 Å². The summed E-state index contributed by atoms with van der Waals surface area (Å²) in [7, 11) is -4.10. The van der Waals surface area contributed by atoms with E-state index in [9.17, 15) is 13.2 Å². The summed E-state index contributed by atoms with van der Waals surface area (Å²) in [6.45, 7) is 8.23. The fourth-order valence-electron chi connectivity index (χ4n) is 4.09. The minimum Gasteiger partial charge on any atom is -0.337 e. The van der Waals surface area contributed by atoms with E-state index < -0.39 is 16.1 Å². The monoisotopic (exact) mass is 502 g/mol. The van der Waals surface area contributed by atoms with Crippen LogP contribution in [0.2, 0.25) is 0 Å². The molecule has 0 saturated heterocycles. The zero-order valence-electron chi connectivity index (χ0n) is 20.5. The van der Waals surface area contributed by atoms with Gasteiger partial charge >= 0.3 is 6.03 Å². The van der Waals surface area contributed by atoms with Crippen LogP contribution in [0.4, 0.5) is 16.2 Å². The lowest BCUT2D eigenvalue weighted by atomic mass is 9.87. The Labute approximate surface area is 210 Å². The molecule has 2 heterocycles. The number of hydrogen-bond donors (Lipinski definition) is 0. The molecule has 0 unspecified atom stereocenters. The highest BCUT2D eigenvalue weighted by Crippen LogP contribution is 2.38. The normalized spacial score (nSPS) is 15.2. The fourth-order valence-corrected chi connectivity index (χ4v) is 5.68. The molecule has 0 aliphatic carbocycles. The second-order valence-corrected chi connectivity index (χ2v) is 11.5. The van der Waals surface area contributed by atoms with E-state index in [4.69, 9.17) is 4.52 Å². The van der Waals surface area contributed by atoms with Crippen LogP contribution < -0.4 is 9.21 Å². The summed E-state index contributed by atoms with van der Waals surface area (Å²) in [4.78, 5) is 19.4. The Morgan fingerprint density at radius 2 is 1.58 bits per heavy atom. The number of benzene rings is 3. The number of aryl methyl sites for hydroxylation is 1. The standard InChI is InChI=1S/C27H26N4O4S/c1-18-9-15-21(16-10-18)31-26(32)30(22-7-5-6-8-23(22)36(31,33)34)17-24-28-25(29-35-24)19-11-13-20(14-12-19)27(2,3)4/h5-16H,17H2,1-4H3. The Morgan fingerprint density at radius 3 is 2.25 bits per heavy atom. The van der Waals surface area contributed by atoms with Crippen molar-refractivity contribution in [3.8, 4) is 11.4 Å². The van der Waals surface area contributed by atoms with Gasteiger partial charge in [0.25, 0.3) is 10.0 Å². The molecule has 4 aromatic rings. The lowest BCUT2D eigenvalue weighted by molar-refractivity contribution is 0.252. The molecule has 1 aliphatic heterocycles. The quantitative estimate of drug-likeness (QED) is 0.356. The average Bonchev–Trinajstić information content (AvgIpc) is 3.31. The molecule has 0 radical (unpaired) electrons. The fraction of sp³-hybridized carbons (Fsp3) is 0.222. The van der Waals surface area contributed by atoms with Crippen molar-refractivity contribution in [3.63, 3.8) is 0 Å². The van der Waals surface area contributed by atoms with Crippen molar-refractivity contribution in [1.29, 1.82) is 0 Å². The zero-order chi connectivity index (χ0) is 25.7. The van der Waals surface area contributed by atoms with Gasteiger partial charge < -0.3 is 4.52 Å². The molecule has 1 aliphatic rings. The molecule has 0 atom stereocenters. The maximum absolute atomic E-state index is 13.6. The van der Waals surface area contributed by atoms with Crippen LogP contribution in [0.3, 0.4) is 0 Å². The summed E-state index contributed by atoms with van der Waals surface area (Å²) in [5, 5.41) is 4.08. The highest BCUT2D eigenvalue weighted by molar-refractivity contribution is 7.94. The van der Waals surface area contributed by atoms with Crippen LogP contribution in [-0.4, -0.2) is 24.6 Å². The first kappa shape index (κ1) is 23.7. The number of rotatable bonds is 4. The van der Waals surface area contributed by atoms with Crippen LogP contribution in [0.1, 0.15) is 37.8 Å². The third-order valence-corrected chi connectivity index (χ3v) is 7.87. The van der Waals surface area contributed by atoms with Crippen molar-refractivity contribution in [2.45, 2.75) is 44.6 Å². The third kappa shape index (κ3) is 4.15. The average molecular weight is 503 g/mol. The lowest BCUT2D eigenvalue weighted by Gasteiger charge is -2.35. The maximum atomic E-state index is 13.6. The van der Waals surface area contributed by atoms with E-state index in [1.165, 1.54) is 16.5 Å². The van der Waals surface area contributed by atoms with Crippen LogP contribution >= 0.6 is 0 Å². The zero-order valence-corrected chi connectivity index (χ0v) is 21.3. The largest absolute Gasteiger partial charge is 0.343 e. The number of para-hydroxylation sites is 1. The Hall–Kier alpha value is -3.98.